The van der Waals surface area contributed by atoms with Crippen LogP contribution in [0, 0.1) is 0 Å². The molecule has 0 aliphatic carbocycles. The summed E-state index contributed by atoms with van der Waals surface area (Å²) in [6.45, 7) is 0. The minimum Gasteiger partial charge on any atom is -0.330 e. The van der Waals surface area contributed by atoms with Crippen LogP contribution in [0.15, 0.2) is 76.1 Å². The highest BCUT2D eigenvalue weighted by atomic mass is 79.9. The van der Waals surface area contributed by atoms with Crippen LogP contribution in [-0.2, 0) is 10.0 Å². The number of anilines is 2. The molecule has 7 nitrogen and oxygen atoms in total. The lowest BCUT2D eigenvalue weighted by molar-refractivity contribution is 0.0944. The van der Waals surface area contributed by atoms with Gasteiger partial charge in [0.1, 0.15) is 0 Å². The highest BCUT2D eigenvalue weighted by molar-refractivity contribution is 9.10. The van der Waals surface area contributed by atoms with E-state index in [1.54, 1.807) is 30.3 Å². The van der Waals surface area contributed by atoms with Crippen molar-refractivity contribution >= 4 is 83.8 Å². The summed E-state index contributed by atoms with van der Waals surface area (Å²) in [5, 5.41) is 3.80. The summed E-state index contributed by atoms with van der Waals surface area (Å²) in [5.74, 6) is -0.473. The molecule has 0 aliphatic heterocycles. The summed E-state index contributed by atoms with van der Waals surface area (Å²) in [4.78, 5) is 12.4. The van der Waals surface area contributed by atoms with Gasteiger partial charge in [-0.3, -0.25) is 20.4 Å². The number of hydrogen-bond acceptors (Lipinski definition) is 4. The number of rotatable bonds is 5. The van der Waals surface area contributed by atoms with E-state index in [-0.39, 0.29) is 15.6 Å². The minimum absolute atomic E-state index is 0.112. The Morgan fingerprint density at radius 3 is 2.19 bits per heavy atom. The van der Waals surface area contributed by atoms with Crippen LogP contribution < -0.4 is 20.9 Å². The van der Waals surface area contributed by atoms with Crippen molar-refractivity contribution in [2.24, 2.45) is 0 Å². The maximum absolute atomic E-state index is 12.4. The fraction of sp³-hybridized carbons (Fsp3) is 0. The molecule has 166 valence electrons. The molecule has 0 saturated heterocycles. The van der Waals surface area contributed by atoms with E-state index in [0.717, 1.165) is 4.47 Å². The van der Waals surface area contributed by atoms with E-state index in [0.29, 0.717) is 21.4 Å². The van der Waals surface area contributed by atoms with E-state index in [1.165, 1.54) is 36.4 Å². The van der Waals surface area contributed by atoms with Gasteiger partial charge in [0, 0.05) is 20.7 Å². The smallest absolute Gasteiger partial charge is 0.269 e. The molecule has 3 rings (SSSR count). The molecule has 0 radical (unpaired) electrons. The van der Waals surface area contributed by atoms with Crippen molar-refractivity contribution in [1.29, 1.82) is 0 Å². The third-order valence-electron chi connectivity index (χ3n) is 3.99. The topological polar surface area (TPSA) is 99.3 Å². The van der Waals surface area contributed by atoms with Crippen molar-refractivity contribution in [2.75, 3.05) is 10.0 Å². The molecular formula is C20H15BrCl2N4O3S2. The second-order valence-corrected chi connectivity index (χ2v) is 10.1. The maximum atomic E-state index is 12.4. The Hall–Kier alpha value is -2.37. The van der Waals surface area contributed by atoms with Crippen molar-refractivity contribution in [2.45, 2.75) is 4.90 Å². The molecule has 0 spiro atoms. The predicted octanol–water partition coefficient (Wildman–Crippen LogP) is 5.19. The van der Waals surface area contributed by atoms with Crippen LogP contribution in [0.1, 0.15) is 10.4 Å². The summed E-state index contributed by atoms with van der Waals surface area (Å²) in [6, 6.07) is 17.0. The van der Waals surface area contributed by atoms with E-state index in [1.807, 2.05) is 0 Å². The average molecular weight is 574 g/mol. The Labute approximate surface area is 208 Å². The highest BCUT2D eigenvalue weighted by Crippen LogP contribution is 2.25. The van der Waals surface area contributed by atoms with Crippen molar-refractivity contribution in [1.82, 2.24) is 10.9 Å². The predicted molar refractivity (Wildman–Crippen MR) is 135 cm³/mol. The number of halogens is 3. The van der Waals surface area contributed by atoms with Crippen LogP contribution in [-0.4, -0.2) is 19.4 Å². The lowest BCUT2D eigenvalue weighted by atomic mass is 10.2. The van der Waals surface area contributed by atoms with Crippen LogP contribution in [0.2, 0.25) is 10.0 Å². The monoisotopic (exact) mass is 572 g/mol. The molecule has 3 aromatic carbocycles. The Kier molecular flexibility index (Phi) is 7.96. The number of nitrogens with one attached hydrogen (secondary N) is 4. The van der Waals surface area contributed by atoms with Gasteiger partial charge in [0.2, 0.25) is 0 Å². The van der Waals surface area contributed by atoms with Gasteiger partial charge in [0.25, 0.3) is 15.9 Å². The zero-order valence-corrected chi connectivity index (χ0v) is 20.8. The molecule has 0 aromatic heterocycles. The third kappa shape index (κ3) is 6.57. The van der Waals surface area contributed by atoms with Gasteiger partial charge in [-0.2, -0.15) is 0 Å². The van der Waals surface area contributed by atoms with Gasteiger partial charge in [-0.25, -0.2) is 8.42 Å². The van der Waals surface area contributed by atoms with Crippen LogP contribution in [0.3, 0.4) is 0 Å². The van der Waals surface area contributed by atoms with E-state index >= 15 is 0 Å². The number of amides is 1. The lowest BCUT2D eigenvalue weighted by Gasteiger charge is -2.13. The van der Waals surface area contributed by atoms with E-state index in [4.69, 9.17) is 35.4 Å². The summed E-state index contributed by atoms with van der Waals surface area (Å²) in [7, 11) is -3.75. The average Bonchev–Trinajstić information content (AvgIpc) is 2.74. The minimum atomic E-state index is -3.75. The van der Waals surface area contributed by atoms with Crippen molar-refractivity contribution < 1.29 is 13.2 Å². The molecule has 32 heavy (non-hydrogen) atoms. The molecule has 0 saturated carbocycles. The van der Waals surface area contributed by atoms with Gasteiger partial charge in [0.15, 0.2) is 5.11 Å². The third-order valence-corrected chi connectivity index (χ3v) is 6.67. The van der Waals surface area contributed by atoms with E-state index in [2.05, 4.69) is 36.8 Å². The Morgan fingerprint density at radius 1 is 0.906 bits per heavy atom. The van der Waals surface area contributed by atoms with Crippen LogP contribution in [0.4, 0.5) is 11.4 Å². The lowest BCUT2D eigenvalue weighted by Crippen LogP contribution is -2.43. The van der Waals surface area contributed by atoms with Gasteiger partial charge in [-0.05, 0) is 78.9 Å². The first-order valence-electron chi connectivity index (χ1n) is 8.85. The van der Waals surface area contributed by atoms with Crippen molar-refractivity contribution in [3.8, 4) is 0 Å². The molecule has 0 fully saturated rings. The number of carbonyl (C=O) groups is 1. The largest absolute Gasteiger partial charge is 0.330 e. The van der Waals surface area contributed by atoms with Gasteiger partial charge in [0.05, 0.1) is 15.6 Å². The molecule has 0 heterocycles. The van der Waals surface area contributed by atoms with Crippen LogP contribution in [0.25, 0.3) is 0 Å². The van der Waals surface area contributed by atoms with E-state index in [9.17, 15) is 13.2 Å². The number of carbonyl (C=O) groups excluding carboxylic acids is 1. The van der Waals surface area contributed by atoms with Crippen molar-refractivity contribution in [3.05, 3.63) is 86.8 Å². The molecule has 4 N–H and O–H groups in total. The van der Waals surface area contributed by atoms with Crippen LogP contribution in [0.5, 0.6) is 0 Å². The Balaban J connectivity index is 1.56. The molecule has 12 heteroatoms. The second-order valence-electron chi connectivity index (χ2n) is 6.29. The Bertz CT molecular complexity index is 1250. The molecular weight excluding hydrogens is 559 g/mol. The zero-order valence-electron chi connectivity index (χ0n) is 16.0. The number of thiocarbonyl (C=S) groups is 1. The normalized spacial score (nSPS) is 10.8. The fourth-order valence-corrected chi connectivity index (χ4v) is 4.39. The number of sulfonamides is 1. The first-order chi connectivity index (χ1) is 15.1. The maximum Gasteiger partial charge on any atom is 0.269 e. The van der Waals surface area contributed by atoms with Crippen LogP contribution >= 0.6 is 51.3 Å². The number of hydrogen-bond donors (Lipinski definition) is 4. The molecule has 0 bridgehead atoms. The van der Waals surface area contributed by atoms with Gasteiger partial charge >= 0.3 is 0 Å². The first kappa shape index (κ1) is 24.3. The quantitative estimate of drug-likeness (QED) is 0.248. The van der Waals surface area contributed by atoms with Gasteiger partial charge in [-0.15, -0.1) is 0 Å². The number of benzene rings is 3. The molecule has 3 aromatic rings. The fourth-order valence-electron chi connectivity index (χ4n) is 2.45. The molecule has 0 aliphatic rings. The van der Waals surface area contributed by atoms with Gasteiger partial charge in [-0.1, -0.05) is 39.1 Å². The molecule has 1 amide bonds. The Morgan fingerprint density at radius 2 is 1.56 bits per heavy atom. The molecule has 0 unspecified atom stereocenters. The SMILES string of the molecule is O=C(NNC(=S)Nc1ccc(Cl)cc1Cl)c1ccc(NS(=O)(=O)c2ccc(Br)cc2)cc1. The zero-order chi connectivity index (χ0) is 23.3. The van der Waals surface area contributed by atoms with Gasteiger partial charge < -0.3 is 5.32 Å². The summed E-state index contributed by atoms with van der Waals surface area (Å²) < 4.78 is 28.1. The first-order valence-corrected chi connectivity index (χ1v) is 12.3. The molecule has 0 atom stereocenters. The number of hydrazine groups is 1. The summed E-state index contributed by atoms with van der Waals surface area (Å²) in [5.41, 5.74) is 6.13. The highest BCUT2D eigenvalue weighted by Gasteiger charge is 2.14. The second kappa shape index (κ2) is 10.5. The summed E-state index contributed by atoms with van der Waals surface area (Å²) in [6.07, 6.45) is 0. The summed E-state index contributed by atoms with van der Waals surface area (Å²) >= 11 is 20.3. The standard InChI is InChI=1S/C20H15BrCl2N4O3S2/c21-13-3-8-16(9-4-13)32(29,30)27-15-6-1-12(2-7-15)19(28)25-26-20(31)24-18-10-5-14(22)11-17(18)23/h1-11,27H,(H,25,28)(H2,24,26,31). The van der Waals surface area contributed by atoms with E-state index < -0.39 is 15.9 Å². The van der Waals surface area contributed by atoms with Crippen molar-refractivity contribution in [3.63, 3.8) is 0 Å².